The maximum atomic E-state index is 13.1. The zero-order valence-electron chi connectivity index (χ0n) is 40.8. The molecule has 0 bridgehead atoms. The number of esters is 1. The van der Waals surface area contributed by atoms with Crippen LogP contribution in [0.4, 0.5) is 23.9 Å². The van der Waals surface area contributed by atoms with Gasteiger partial charge in [-0.05, 0) is 78.5 Å². The van der Waals surface area contributed by atoms with E-state index in [1.807, 2.05) is 30.4 Å². The minimum atomic E-state index is -4.84. The lowest BCUT2D eigenvalue weighted by Gasteiger charge is -2.17. The predicted molar refractivity (Wildman–Crippen MR) is 262 cm³/mol. The van der Waals surface area contributed by atoms with Gasteiger partial charge in [-0.15, -0.1) is 11.3 Å². The van der Waals surface area contributed by atoms with E-state index in [0.29, 0.717) is 43.2 Å². The first-order valence-corrected chi connectivity index (χ1v) is 27.3. The van der Waals surface area contributed by atoms with Gasteiger partial charge in [0.05, 0.1) is 51.5 Å². The standard InChI is InChI=1S/C25H25F3N2O6.C11H11N5O6S2.C3H8NO5P.C3H9S/c1-5-16-6-7-17(20(12-16)36-15(2)23(32)34-4)14-35-19-10-8-18(9-11-19)30-22(31)13-21(25(26,27)28)29(3)24(30)33;1-5-12-9(15-11(13-5)22-2)14-10(19)16-24(20,21)6-3-4-23-7(6)8(17)18;5-3(6)1-4-2-10(7,8)9;1-4(2)3/h6-13,15H,5,14H2,1-4H3;3-4H,1-2H3,(H,17,18)(H2,12,13,14,15,16,19);4H,1-2H2,(H,5,6)(H2,7,8,9);1-3H3/q;;;+1/p-1. The molecule has 3 aromatic heterocycles. The number of carbonyl (C=O) groups excluding carboxylic acids is 2. The molecule has 406 valence electrons. The summed E-state index contributed by atoms with van der Waals surface area (Å²) >= 11 is 0.723. The monoisotopic (exact) mass is 1120 g/mol. The van der Waals surface area contributed by atoms with Gasteiger partial charge in [-0.3, -0.25) is 24.8 Å². The highest BCUT2D eigenvalue weighted by atomic mass is 32.2. The molecule has 32 heteroatoms. The number of sulfonamides is 1. The summed E-state index contributed by atoms with van der Waals surface area (Å²) in [5.41, 5.74) is -1.80. The number of aryl methyl sites for hydroxylation is 2. The fraction of sp³-hybridized carbons (Fsp3) is 0.357. The third-order valence-corrected chi connectivity index (χ3v) is 11.6. The number of methoxy groups -OCH3 is 2. The number of ether oxygens (including phenoxy) is 4. The molecular formula is C42H52F3N8O17PS3. The predicted octanol–water partition coefficient (Wildman–Crippen LogP) is 2.75. The Bertz CT molecular complexity index is 3020. The van der Waals surface area contributed by atoms with Crippen molar-refractivity contribution in [3.8, 4) is 23.2 Å². The number of aliphatic carboxylic acids is 1. The van der Waals surface area contributed by atoms with Crippen LogP contribution in [0.1, 0.15) is 46.2 Å². The Morgan fingerprint density at radius 1 is 0.986 bits per heavy atom. The van der Waals surface area contributed by atoms with E-state index in [0.717, 1.165) is 36.4 Å². The van der Waals surface area contributed by atoms with E-state index < -0.39 is 93.4 Å². The number of anilines is 1. The number of urea groups is 1. The van der Waals surface area contributed by atoms with Gasteiger partial charge in [0.15, 0.2) is 6.10 Å². The van der Waals surface area contributed by atoms with E-state index >= 15 is 0 Å². The van der Waals surface area contributed by atoms with Crippen LogP contribution < -0.4 is 45.7 Å². The van der Waals surface area contributed by atoms with Crippen LogP contribution in [-0.4, -0.2) is 123 Å². The molecule has 0 saturated heterocycles. The van der Waals surface area contributed by atoms with Crippen LogP contribution in [0.3, 0.4) is 0 Å². The van der Waals surface area contributed by atoms with Crippen LogP contribution >= 0.6 is 18.9 Å². The Labute approximate surface area is 427 Å². The molecule has 2 atom stereocenters. The molecular weight excluding hydrogens is 1070 g/mol. The second-order valence-electron chi connectivity index (χ2n) is 14.9. The highest BCUT2D eigenvalue weighted by molar-refractivity contribution is 7.94. The van der Waals surface area contributed by atoms with Crippen LogP contribution in [0.2, 0.25) is 0 Å². The van der Waals surface area contributed by atoms with Crippen LogP contribution in [0.15, 0.2) is 74.5 Å². The molecule has 74 heavy (non-hydrogen) atoms. The number of hydrogen-bond donors (Lipinski definition) is 6. The fourth-order valence-electron chi connectivity index (χ4n) is 5.32. The zero-order valence-corrected chi connectivity index (χ0v) is 44.1. The van der Waals surface area contributed by atoms with Crippen molar-refractivity contribution in [1.82, 2.24) is 34.1 Å². The molecule has 0 fully saturated rings. The van der Waals surface area contributed by atoms with Crippen molar-refractivity contribution in [2.75, 3.05) is 51.1 Å². The molecule has 5 aromatic rings. The number of benzene rings is 2. The molecule has 25 nitrogen and oxygen atoms in total. The van der Waals surface area contributed by atoms with Crippen LogP contribution in [-0.2, 0) is 66.1 Å². The van der Waals surface area contributed by atoms with E-state index in [1.54, 1.807) is 11.6 Å². The molecule has 5 rings (SSSR count). The summed E-state index contributed by atoms with van der Waals surface area (Å²) in [7, 11) is -4.55. The molecule has 2 amide bonds. The van der Waals surface area contributed by atoms with E-state index in [2.05, 4.69) is 39.0 Å². The summed E-state index contributed by atoms with van der Waals surface area (Å²) in [5.74, 6) is -2.26. The number of carbonyl (C=O) groups is 4. The van der Waals surface area contributed by atoms with E-state index in [9.17, 15) is 59.8 Å². The number of hydrogen-bond acceptors (Lipinski definition) is 19. The van der Waals surface area contributed by atoms with Gasteiger partial charge in [-0.25, -0.2) is 36.9 Å². The fourth-order valence-corrected chi connectivity index (χ4v) is 7.88. The Kier molecular flexibility index (Phi) is 24.4. The minimum absolute atomic E-state index is 0.0633. The van der Waals surface area contributed by atoms with E-state index in [-0.39, 0.29) is 30.1 Å². The highest BCUT2D eigenvalue weighted by Gasteiger charge is 2.35. The summed E-state index contributed by atoms with van der Waals surface area (Å²) in [6, 6.07) is 11.5. The first-order chi connectivity index (χ1) is 34.3. The zero-order chi connectivity index (χ0) is 56.3. The number of nitrogens with one attached hydrogen (secondary N) is 3. The number of alkyl halides is 3. The SMILES string of the molecule is CCc1ccc(COc2ccc(-n3c(=O)cc(C(F)(F)F)n(C)c3=O)cc2)c(OC(C)C(=O)OC)c1.COc1nc(C)nc(NC(=O)NS(=O)(=O)c2ccsc2C(=O)O)n1.C[S+](C)C.O=C(O)CNCP(=O)([O-])O. The lowest BCUT2D eigenvalue weighted by atomic mass is 10.1. The van der Waals surface area contributed by atoms with Crippen LogP contribution in [0.5, 0.6) is 17.5 Å². The molecule has 0 spiro atoms. The van der Waals surface area contributed by atoms with Gasteiger partial charge in [0.25, 0.3) is 15.6 Å². The van der Waals surface area contributed by atoms with Crippen molar-refractivity contribution < 1.29 is 84.3 Å². The smallest absolute Gasteiger partial charge is 0.431 e. The number of aromatic nitrogens is 5. The number of carboxylic acids is 2. The molecule has 0 aliphatic rings. The van der Waals surface area contributed by atoms with Crippen molar-refractivity contribution in [3.63, 3.8) is 0 Å². The number of thiophene rings is 1. The molecule has 2 unspecified atom stereocenters. The van der Waals surface area contributed by atoms with Crippen LogP contribution in [0.25, 0.3) is 5.69 Å². The van der Waals surface area contributed by atoms with Crippen molar-refractivity contribution in [3.05, 3.63) is 108 Å². The lowest BCUT2D eigenvalue weighted by molar-refractivity contribution is -0.193. The topological polar surface area (TPSA) is 359 Å². The number of halogens is 3. The van der Waals surface area contributed by atoms with E-state index in [4.69, 9.17) is 34.1 Å². The summed E-state index contributed by atoms with van der Waals surface area (Å²) in [6.45, 7) is 4.67. The number of nitrogens with zero attached hydrogens (tertiary/aromatic N) is 5. The van der Waals surface area contributed by atoms with Gasteiger partial charge in [0, 0.05) is 18.7 Å². The van der Waals surface area contributed by atoms with Crippen molar-refractivity contribution in [1.29, 1.82) is 0 Å². The number of aromatic carboxylic acids is 1. The Morgan fingerprint density at radius 2 is 1.61 bits per heavy atom. The van der Waals surface area contributed by atoms with E-state index in [1.165, 1.54) is 50.8 Å². The molecule has 6 N–H and O–H groups in total. The third-order valence-electron chi connectivity index (χ3n) is 8.54. The van der Waals surface area contributed by atoms with Gasteiger partial charge in [-0.2, -0.15) is 28.1 Å². The van der Waals surface area contributed by atoms with Gasteiger partial charge in [-0.1, -0.05) is 19.1 Å². The van der Waals surface area contributed by atoms with Crippen LogP contribution in [0, 0.1) is 6.92 Å². The largest absolute Gasteiger partial charge is 0.778 e. The molecule has 0 aliphatic carbocycles. The Morgan fingerprint density at radius 3 is 2.14 bits per heavy atom. The van der Waals surface area contributed by atoms with Gasteiger partial charge >= 0.3 is 41.8 Å². The molecule has 2 aromatic carbocycles. The van der Waals surface area contributed by atoms with Crippen molar-refractivity contribution >= 4 is 69.7 Å². The second-order valence-corrected chi connectivity index (χ2v) is 21.5. The normalized spacial score (nSPS) is 12.1. The van der Waals surface area contributed by atoms with Crippen molar-refractivity contribution in [2.45, 2.75) is 51.0 Å². The second kappa shape index (κ2) is 28.5. The summed E-state index contributed by atoms with van der Waals surface area (Å²) in [5, 5.41) is 22.3. The average molecular weight is 1130 g/mol. The van der Waals surface area contributed by atoms with Gasteiger partial charge in [0.2, 0.25) is 5.95 Å². The molecule has 0 aliphatic heterocycles. The lowest BCUT2D eigenvalue weighted by Crippen LogP contribution is -2.40. The summed E-state index contributed by atoms with van der Waals surface area (Å²) in [6.07, 6.45) is 0.967. The molecule has 0 saturated carbocycles. The third kappa shape index (κ3) is 20.9. The number of amides is 2. The maximum absolute atomic E-state index is 13.1. The minimum Gasteiger partial charge on any atom is -0.778 e. The van der Waals surface area contributed by atoms with Gasteiger partial charge in [0.1, 0.15) is 47.0 Å². The first-order valence-electron chi connectivity index (χ1n) is 20.7. The molecule has 3 heterocycles. The summed E-state index contributed by atoms with van der Waals surface area (Å²) in [4.78, 5) is 97.5. The maximum Gasteiger partial charge on any atom is 0.431 e. The quantitative estimate of drug-likeness (QED) is 0.0443. The number of carboxylic acid groups (broad SMARTS) is 2. The average Bonchev–Trinajstić information content (AvgIpc) is 3.81. The first kappa shape index (κ1) is 63.2. The number of rotatable bonds is 17. The van der Waals surface area contributed by atoms with Gasteiger partial charge < -0.3 is 43.5 Å². The van der Waals surface area contributed by atoms with Crippen molar-refractivity contribution in [2.24, 2.45) is 7.05 Å². The Balaban J connectivity index is 0.000000421. The Hall–Kier alpha value is -6.89. The summed E-state index contributed by atoms with van der Waals surface area (Å²) < 4.78 is 97.1. The highest BCUT2D eigenvalue weighted by Crippen LogP contribution is 2.28. The molecule has 0 radical (unpaired) electrons.